The molecule has 4 heteroatoms. The average molecular weight is 225 g/mol. The molecule has 1 unspecified atom stereocenters. The molecule has 0 spiro atoms. The molecule has 1 saturated carbocycles. The molecule has 0 radical (unpaired) electrons. The highest BCUT2D eigenvalue weighted by molar-refractivity contribution is 5.88. The van der Waals surface area contributed by atoms with Crippen LogP contribution in [0.2, 0.25) is 0 Å². The minimum absolute atomic E-state index is 0.0941. The van der Waals surface area contributed by atoms with Crippen LogP contribution in [0.25, 0.3) is 0 Å². The summed E-state index contributed by atoms with van der Waals surface area (Å²) in [5.74, 6) is 0.0941. The van der Waals surface area contributed by atoms with Crippen molar-refractivity contribution in [1.29, 1.82) is 5.26 Å². The summed E-state index contributed by atoms with van der Waals surface area (Å²) in [7, 11) is 1.62. The summed E-state index contributed by atoms with van der Waals surface area (Å²) in [5, 5.41) is 9.16. The van der Waals surface area contributed by atoms with E-state index >= 15 is 0 Å². The largest absolute Gasteiger partial charge is 0.382 e. The predicted molar refractivity (Wildman–Crippen MR) is 58.8 cm³/mol. The number of ether oxygens (including phenoxy) is 2. The first-order valence-electron chi connectivity index (χ1n) is 5.76. The molecule has 0 aromatic rings. The first kappa shape index (κ1) is 13.1. The van der Waals surface area contributed by atoms with Gasteiger partial charge in [-0.05, 0) is 19.3 Å². The van der Waals surface area contributed by atoms with Gasteiger partial charge >= 0.3 is 0 Å². The Morgan fingerprint density at radius 1 is 1.38 bits per heavy atom. The topological polar surface area (TPSA) is 59.3 Å². The van der Waals surface area contributed by atoms with Crippen LogP contribution in [0.15, 0.2) is 0 Å². The zero-order valence-corrected chi connectivity index (χ0v) is 9.83. The van der Waals surface area contributed by atoms with E-state index in [4.69, 9.17) is 14.7 Å². The maximum atomic E-state index is 11.8. The van der Waals surface area contributed by atoms with Crippen LogP contribution in [0.4, 0.5) is 0 Å². The van der Waals surface area contributed by atoms with Crippen LogP contribution in [0.5, 0.6) is 0 Å². The van der Waals surface area contributed by atoms with E-state index < -0.39 is 5.41 Å². The van der Waals surface area contributed by atoms with Crippen molar-refractivity contribution in [1.82, 2.24) is 0 Å². The number of Topliss-reactive ketones (excluding diaryl/α,β-unsaturated/α-hetero) is 1. The van der Waals surface area contributed by atoms with E-state index in [1.807, 2.05) is 0 Å². The molecule has 1 rings (SSSR count). The highest BCUT2D eigenvalue weighted by Gasteiger charge is 2.39. The van der Waals surface area contributed by atoms with Crippen LogP contribution in [-0.2, 0) is 14.3 Å². The van der Waals surface area contributed by atoms with Gasteiger partial charge in [0, 0.05) is 20.1 Å². The summed E-state index contributed by atoms with van der Waals surface area (Å²) in [6.07, 6.45) is 3.65. The average Bonchev–Trinajstić information content (AvgIpc) is 2.31. The maximum Gasteiger partial charge on any atom is 0.153 e. The quantitative estimate of drug-likeness (QED) is 0.645. The summed E-state index contributed by atoms with van der Waals surface area (Å²) in [5.41, 5.74) is -0.772. The zero-order chi connectivity index (χ0) is 11.9. The van der Waals surface area contributed by atoms with Crippen LogP contribution < -0.4 is 0 Å². The smallest absolute Gasteiger partial charge is 0.153 e. The monoisotopic (exact) mass is 225 g/mol. The fourth-order valence-corrected chi connectivity index (χ4v) is 2.02. The Labute approximate surface area is 96.5 Å². The molecule has 0 aliphatic heterocycles. The van der Waals surface area contributed by atoms with Gasteiger partial charge in [-0.15, -0.1) is 0 Å². The Morgan fingerprint density at radius 3 is 2.81 bits per heavy atom. The van der Waals surface area contributed by atoms with Gasteiger partial charge in [-0.2, -0.15) is 5.26 Å². The van der Waals surface area contributed by atoms with Crippen molar-refractivity contribution < 1.29 is 14.3 Å². The lowest BCUT2D eigenvalue weighted by molar-refractivity contribution is -0.129. The molecule has 1 atom stereocenters. The van der Waals surface area contributed by atoms with Gasteiger partial charge in [-0.1, -0.05) is 6.42 Å². The molecule has 0 heterocycles. The van der Waals surface area contributed by atoms with Crippen LogP contribution in [0, 0.1) is 16.7 Å². The molecule has 90 valence electrons. The number of rotatable bonds is 6. The van der Waals surface area contributed by atoms with E-state index in [9.17, 15) is 4.79 Å². The minimum Gasteiger partial charge on any atom is -0.382 e. The Bertz CT molecular complexity index is 272. The fourth-order valence-electron chi connectivity index (χ4n) is 2.02. The van der Waals surface area contributed by atoms with Crippen molar-refractivity contribution >= 4 is 5.78 Å². The number of hydrogen-bond acceptors (Lipinski definition) is 4. The molecule has 1 fully saturated rings. The highest BCUT2D eigenvalue weighted by atomic mass is 16.5. The maximum absolute atomic E-state index is 11.8. The van der Waals surface area contributed by atoms with Crippen molar-refractivity contribution in [3.8, 4) is 6.07 Å². The molecule has 16 heavy (non-hydrogen) atoms. The van der Waals surface area contributed by atoms with Gasteiger partial charge in [0.15, 0.2) is 5.78 Å². The van der Waals surface area contributed by atoms with Gasteiger partial charge in [0.05, 0.1) is 19.3 Å². The molecule has 0 N–H and O–H groups in total. The van der Waals surface area contributed by atoms with Gasteiger partial charge < -0.3 is 9.47 Å². The number of methoxy groups -OCH3 is 1. The van der Waals surface area contributed by atoms with Crippen LogP contribution in [0.3, 0.4) is 0 Å². The molecule has 0 saturated heterocycles. The van der Waals surface area contributed by atoms with Gasteiger partial charge in [-0.25, -0.2) is 0 Å². The first-order valence-corrected chi connectivity index (χ1v) is 5.76. The van der Waals surface area contributed by atoms with Crippen molar-refractivity contribution in [2.75, 3.05) is 26.9 Å². The second-order valence-corrected chi connectivity index (χ2v) is 4.18. The zero-order valence-electron chi connectivity index (χ0n) is 9.83. The normalized spacial score (nSPS) is 25.4. The Kier molecular flexibility index (Phi) is 5.44. The van der Waals surface area contributed by atoms with Gasteiger partial charge in [-0.3, -0.25) is 4.79 Å². The molecule has 4 nitrogen and oxygen atoms in total. The number of carbonyl (C=O) groups is 1. The standard InChI is InChI=1S/C12H19NO3/c1-15-8-9-16-7-6-12(10-13)5-3-2-4-11(12)14/h2-9H2,1H3. The van der Waals surface area contributed by atoms with Gasteiger partial charge in [0.25, 0.3) is 0 Å². The minimum atomic E-state index is -0.772. The van der Waals surface area contributed by atoms with E-state index in [-0.39, 0.29) is 5.78 Å². The Morgan fingerprint density at radius 2 is 2.19 bits per heavy atom. The molecule has 0 bridgehead atoms. The van der Waals surface area contributed by atoms with Crippen molar-refractivity contribution in [3.63, 3.8) is 0 Å². The van der Waals surface area contributed by atoms with Gasteiger partial charge in [0.2, 0.25) is 0 Å². The number of nitriles is 1. The lowest BCUT2D eigenvalue weighted by Gasteiger charge is -2.28. The predicted octanol–water partition coefficient (Wildman–Crippen LogP) is 1.69. The van der Waals surface area contributed by atoms with Crippen LogP contribution in [-0.4, -0.2) is 32.7 Å². The third kappa shape index (κ3) is 3.29. The summed E-state index contributed by atoms with van der Waals surface area (Å²) < 4.78 is 10.2. The molecule has 0 amide bonds. The number of ketones is 1. The van der Waals surface area contributed by atoms with Gasteiger partial charge in [0.1, 0.15) is 5.41 Å². The third-order valence-corrected chi connectivity index (χ3v) is 3.11. The van der Waals surface area contributed by atoms with Crippen LogP contribution >= 0.6 is 0 Å². The second kappa shape index (κ2) is 6.62. The molecule has 0 aromatic heterocycles. The summed E-state index contributed by atoms with van der Waals surface area (Å²) in [6, 6.07) is 2.20. The molecule has 0 aromatic carbocycles. The van der Waals surface area contributed by atoms with E-state index in [0.717, 1.165) is 12.8 Å². The van der Waals surface area contributed by atoms with E-state index in [0.29, 0.717) is 39.1 Å². The Hall–Kier alpha value is -0.920. The Balaban J connectivity index is 2.36. The van der Waals surface area contributed by atoms with E-state index in [1.165, 1.54) is 0 Å². The first-order chi connectivity index (χ1) is 7.75. The van der Waals surface area contributed by atoms with E-state index in [2.05, 4.69) is 6.07 Å². The summed E-state index contributed by atoms with van der Waals surface area (Å²) in [4.78, 5) is 11.8. The molecule has 1 aliphatic carbocycles. The second-order valence-electron chi connectivity index (χ2n) is 4.18. The lowest BCUT2D eigenvalue weighted by Crippen LogP contribution is -2.34. The SMILES string of the molecule is COCCOCCC1(C#N)CCCCC1=O. The summed E-state index contributed by atoms with van der Waals surface area (Å²) >= 11 is 0. The molecule has 1 aliphatic rings. The number of carbonyl (C=O) groups excluding carboxylic acids is 1. The number of hydrogen-bond donors (Lipinski definition) is 0. The molecular weight excluding hydrogens is 206 g/mol. The van der Waals surface area contributed by atoms with E-state index in [1.54, 1.807) is 7.11 Å². The molecular formula is C12H19NO3. The van der Waals surface area contributed by atoms with Crippen LogP contribution in [0.1, 0.15) is 32.1 Å². The summed E-state index contributed by atoms with van der Waals surface area (Å²) in [6.45, 7) is 1.53. The third-order valence-electron chi connectivity index (χ3n) is 3.11. The lowest BCUT2D eigenvalue weighted by atomic mass is 9.72. The fraction of sp³-hybridized carbons (Fsp3) is 0.833. The van der Waals surface area contributed by atoms with Crippen molar-refractivity contribution in [2.45, 2.75) is 32.1 Å². The number of nitrogens with zero attached hydrogens (tertiary/aromatic N) is 1. The highest BCUT2D eigenvalue weighted by Crippen LogP contribution is 2.35. The van der Waals surface area contributed by atoms with Crippen molar-refractivity contribution in [2.24, 2.45) is 5.41 Å². The van der Waals surface area contributed by atoms with Crippen molar-refractivity contribution in [3.05, 3.63) is 0 Å².